The van der Waals surface area contributed by atoms with Crippen molar-refractivity contribution < 1.29 is 19.3 Å². The smallest absolute Gasteiger partial charge is 0.269 e. The van der Waals surface area contributed by atoms with E-state index in [1.165, 1.54) is 35.4 Å². The summed E-state index contributed by atoms with van der Waals surface area (Å²) in [6.07, 6.45) is 5.39. The second-order valence-corrected chi connectivity index (χ2v) is 19.7. The van der Waals surface area contributed by atoms with Gasteiger partial charge in [0.25, 0.3) is 11.4 Å². The Morgan fingerprint density at radius 1 is 0.556 bits per heavy atom. The molecule has 8 rings (SSSR count). The minimum Gasteiger partial charge on any atom is -0.379 e. The highest BCUT2D eigenvalue weighted by Gasteiger charge is 2.23. The van der Waals surface area contributed by atoms with E-state index in [1.807, 2.05) is 9.36 Å². The number of non-ortho nitro benzene ring substituents is 2. The molecule has 0 saturated carbocycles. The summed E-state index contributed by atoms with van der Waals surface area (Å²) < 4.78 is 19.0. The lowest BCUT2D eigenvalue weighted by Crippen LogP contribution is -2.37. The molecule has 0 N–H and O–H groups in total. The Morgan fingerprint density at radius 3 is 1.19 bits per heavy atom. The zero-order valence-electron chi connectivity index (χ0n) is 41.8. The number of ether oxygens (including phenoxy) is 2. The Hall–Kier alpha value is -6.42. The lowest BCUT2D eigenvalue weighted by atomic mass is 9.96. The highest BCUT2D eigenvalue weighted by Crippen LogP contribution is 2.27. The summed E-state index contributed by atoms with van der Waals surface area (Å²) in [5.41, 5.74) is 6.44. The van der Waals surface area contributed by atoms with Crippen LogP contribution in [-0.4, -0.2) is 114 Å². The molecule has 2 aromatic heterocycles. The molecule has 0 unspecified atom stereocenters. The molecule has 2 aliphatic heterocycles. The average Bonchev–Trinajstić information content (AvgIpc) is 3.86. The predicted octanol–water partition coefficient (Wildman–Crippen LogP) is 9.69. The Labute approximate surface area is 430 Å². The van der Waals surface area contributed by atoms with Crippen molar-refractivity contribution in [1.29, 1.82) is 0 Å². The van der Waals surface area contributed by atoms with Crippen molar-refractivity contribution in [3.63, 3.8) is 0 Å². The fourth-order valence-electron chi connectivity index (χ4n) is 8.38. The van der Waals surface area contributed by atoms with E-state index < -0.39 is 9.85 Å². The number of rotatable bonds is 18. The number of nitrogens with zero attached hydrogens (tertiary/aromatic N) is 12. The molecule has 380 valence electrons. The largest absolute Gasteiger partial charge is 0.379 e. The fraction of sp³-hybridized carbons (Fsp3) is 0.423. The van der Waals surface area contributed by atoms with Gasteiger partial charge in [-0.05, 0) is 107 Å². The molecule has 0 aliphatic carbocycles. The molecule has 18 nitrogen and oxygen atoms in total. The number of hydrogen-bond acceptors (Lipinski definition) is 14. The topological polar surface area (TPSA) is 181 Å². The van der Waals surface area contributed by atoms with Gasteiger partial charge in [0.2, 0.25) is 9.54 Å². The van der Waals surface area contributed by atoms with Crippen molar-refractivity contribution in [2.75, 3.05) is 52.6 Å². The summed E-state index contributed by atoms with van der Waals surface area (Å²) in [7, 11) is 0. The van der Waals surface area contributed by atoms with Gasteiger partial charge in [-0.25, -0.2) is 9.36 Å². The van der Waals surface area contributed by atoms with Crippen molar-refractivity contribution in [1.82, 2.24) is 38.7 Å². The van der Waals surface area contributed by atoms with Gasteiger partial charge in [-0.3, -0.25) is 30.0 Å². The van der Waals surface area contributed by atoms with Gasteiger partial charge in [0.05, 0.1) is 62.0 Å². The molecule has 2 aliphatic rings. The molecule has 0 amide bonds. The van der Waals surface area contributed by atoms with Gasteiger partial charge in [-0.2, -0.15) is 29.8 Å². The lowest BCUT2D eigenvalue weighted by Gasteiger charge is -2.26. The van der Waals surface area contributed by atoms with Gasteiger partial charge in [0.1, 0.15) is 0 Å². The summed E-state index contributed by atoms with van der Waals surface area (Å²) in [4.78, 5) is 25.6. The van der Waals surface area contributed by atoms with Crippen LogP contribution in [-0.2, 0) is 35.7 Å². The summed E-state index contributed by atoms with van der Waals surface area (Å²) in [6, 6.07) is 29.8. The first-order valence-corrected chi connectivity index (χ1v) is 25.2. The van der Waals surface area contributed by atoms with E-state index >= 15 is 0 Å². The maximum Gasteiger partial charge on any atom is 0.269 e. The first-order valence-electron chi connectivity index (χ1n) is 24.4. The number of nitro groups is 2. The quantitative estimate of drug-likeness (QED) is 0.0345. The van der Waals surface area contributed by atoms with Crippen LogP contribution in [0.2, 0.25) is 0 Å². The molecular weight excluding hydrogens is 953 g/mol. The van der Waals surface area contributed by atoms with E-state index in [2.05, 4.69) is 110 Å². The van der Waals surface area contributed by atoms with Crippen LogP contribution >= 0.6 is 24.4 Å². The monoisotopic (exact) mass is 1020 g/mol. The first kappa shape index (κ1) is 53.4. The van der Waals surface area contributed by atoms with Crippen molar-refractivity contribution >= 4 is 48.2 Å². The van der Waals surface area contributed by atoms with Crippen LogP contribution < -0.4 is 0 Å². The van der Waals surface area contributed by atoms with E-state index in [4.69, 9.17) is 44.1 Å². The second-order valence-electron chi connectivity index (χ2n) is 19.0. The third kappa shape index (κ3) is 14.4. The summed E-state index contributed by atoms with van der Waals surface area (Å²) in [6.45, 7) is 20.3. The van der Waals surface area contributed by atoms with Crippen molar-refractivity contribution in [2.45, 2.75) is 79.6 Å². The van der Waals surface area contributed by atoms with Crippen LogP contribution in [0.5, 0.6) is 0 Å². The van der Waals surface area contributed by atoms with Gasteiger partial charge >= 0.3 is 0 Å². The molecule has 4 aromatic carbocycles. The van der Waals surface area contributed by atoms with Crippen LogP contribution in [0, 0.1) is 41.6 Å². The Bertz CT molecular complexity index is 2720. The molecule has 2 saturated heterocycles. The van der Waals surface area contributed by atoms with Gasteiger partial charge < -0.3 is 9.47 Å². The summed E-state index contributed by atoms with van der Waals surface area (Å²) in [5, 5.41) is 41.0. The molecule has 0 bridgehead atoms. The predicted molar refractivity (Wildman–Crippen MR) is 284 cm³/mol. The van der Waals surface area contributed by atoms with E-state index in [-0.39, 0.29) is 23.2 Å². The van der Waals surface area contributed by atoms with Crippen LogP contribution in [0.3, 0.4) is 0 Å². The maximum absolute atomic E-state index is 11.0. The minimum atomic E-state index is -0.418. The zero-order chi connectivity index (χ0) is 51.3. The number of aromatic nitrogens is 6. The molecule has 2 atom stereocenters. The third-order valence-electron chi connectivity index (χ3n) is 12.4. The minimum absolute atomic E-state index is 0.0392. The maximum atomic E-state index is 11.0. The van der Waals surface area contributed by atoms with Crippen LogP contribution in [0.1, 0.15) is 98.4 Å². The summed E-state index contributed by atoms with van der Waals surface area (Å²) in [5.74, 6) is 2.59. The normalized spacial score (nSPS) is 15.6. The van der Waals surface area contributed by atoms with Gasteiger partial charge in [0, 0.05) is 62.3 Å². The number of hydrogen-bond donors (Lipinski definition) is 0. The van der Waals surface area contributed by atoms with E-state index in [0.717, 1.165) is 72.9 Å². The van der Waals surface area contributed by atoms with Crippen molar-refractivity contribution in [2.24, 2.45) is 22.0 Å². The standard InChI is InChI=1S/2C26H32N6O3S/c2*1-19(2)16-21-4-8-23(9-5-21)20(3)25-28-30(18-29-12-14-35-15-13-29)26(36)31(25)27-17-22-6-10-24(11-7-22)32(33)34/h2*4-11,17,19-20H,12-16,18H2,1-3H3/b2*27-17+/t2*20-/m11/s1. The van der Waals surface area contributed by atoms with E-state index in [0.29, 0.717) is 61.1 Å². The molecule has 0 radical (unpaired) electrons. The second kappa shape index (κ2) is 25.3. The van der Waals surface area contributed by atoms with E-state index in [1.54, 1.807) is 46.0 Å². The van der Waals surface area contributed by atoms with Crippen LogP contribution in [0.15, 0.2) is 107 Å². The Morgan fingerprint density at radius 2 is 0.889 bits per heavy atom. The van der Waals surface area contributed by atoms with E-state index in [9.17, 15) is 20.2 Å². The van der Waals surface area contributed by atoms with Crippen LogP contribution in [0.25, 0.3) is 0 Å². The molecule has 72 heavy (non-hydrogen) atoms. The summed E-state index contributed by atoms with van der Waals surface area (Å²) >= 11 is 11.6. The van der Waals surface area contributed by atoms with Crippen molar-refractivity contribution in [3.05, 3.63) is 172 Å². The Kier molecular flexibility index (Phi) is 18.8. The number of benzene rings is 4. The number of morpholine rings is 2. The third-order valence-corrected chi connectivity index (χ3v) is 13.2. The van der Waals surface area contributed by atoms with Crippen molar-refractivity contribution in [3.8, 4) is 0 Å². The molecule has 20 heteroatoms. The van der Waals surface area contributed by atoms with Crippen LogP contribution in [0.4, 0.5) is 11.4 Å². The lowest BCUT2D eigenvalue weighted by molar-refractivity contribution is -0.385. The van der Waals surface area contributed by atoms with Gasteiger partial charge in [-0.15, -0.1) is 0 Å². The molecule has 6 aromatic rings. The highest BCUT2D eigenvalue weighted by molar-refractivity contribution is 7.71. The SMILES string of the molecule is CC(C)Cc1ccc([C@@H](C)c2nn(CN3CCOCC3)c(=S)n2/N=C/c2ccc([N+](=O)[O-])cc2)cc1.CC(C)Cc1ccc([C@@H](C)c2nn(CN3CCOCC3)c(=S)n2/N=C/c2ccc([N+](=O)[O-])cc2)cc1. The molecular formula is C52H64N12O6S2. The Balaban J connectivity index is 0.000000211. The molecule has 0 spiro atoms. The average molecular weight is 1020 g/mol. The molecule has 4 heterocycles. The van der Waals surface area contributed by atoms with Gasteiger partial charge in [0.15, 0.2) is 11.6 Å². The highest BCUT2D eigenvalue weighted by atomic mass is 32.1. The number of nitro benzene ring substituents is 2. The zero-order valence-corrected chi connectivity index (χ0v) is 43.5. The molecule has 2 fully saturated rings. The first-order chi connectivity index (χ1) is 34.6. The fourth-order valence-corrected chi connectivity index (χ4v) is 8.85. The van der Waals surface area contributed by atoms with Gasteiger partial charge in [-0.1, -0.05) is 90.1 Å².